The molecule has 5 atom stereocenters. The summed E-state index contributed by atoms with van der Waals surface area (Å²) >= 11 is 0. The molecule has 1 aromatic carbocycles. The molecule has 4 amide bonds. The normalized spacial score (nSPS) is 25.3. The standard InChI is InChI=1S/C29H42N4O6/c1-3-19(2)25-29(39)33-17-11-10-15-23(33)28(38)30-21(14-8-5-9-16-24(34)35)26(36)31-22(27(37)32-25)18-20-12-6-4-7-13-20/h4,6-7,12-13,19,21-23,25H,3,5,8-11,14-18H2,1-2H3,(H,30,38)(H,31,36)(H,32,37)(H,34,35)/t19-,21+,22-,23+,25-/m0/s1. The van der Waals surface area contributed by atoms with Gasteiger partial charge in [0.2, 0.25) is 23.6 Å². The van der Waals surface area contributed by atoms with Crippen LogP contribution in [-0.2, 0) is 30.4 Å². The highest BCUT2D eigenvalue weighted by molar-refractivity contribution is 5.97. The first kappa shape index (κ1) is 30.1. The van der Waals surface area contributed by atoms with Crippen molar-refractivity contribution in [2.75, 3.05) is 6.54 Å². The van der Waals surface area contributed by atoms with Gasteiger partial charge in [-0.15, -0.1) is 0 Å². The zero-order chi connectivity index (χ0) is 28.4. The lowest BCUT2D eigenvalue weighted by molar-refractivity contribution is -0.147. The predicted molar refractivity (Wildman–Crippen MR) is 145 cm³/mol. The van der Waals surface area contributed by atoms with E-state index < -0.39 is 42.0 Å². The number of fused-ring (bicyclic) bond motifs is 1. The molecule has 10 nitrogen and oxygen atoms in total. The van der Waals surface area contributed by atoms with Crippen LogP contribution in [0, 0.1) is 5.92 Å². The molecular weight excluding hydrogens is 500 g/mol. The number of carbonyl (C=O) groups excluding carboxylic acids is 4. The van der Waals surface area contributed by atoms with Crippen LogP contribution in [0.4, 0.5) is 0 Å². The summed E-state index contributed by atoms with van der Waals surface area (Å²) in [5, 5.41) is 17.5. The molecular formula is C29H42N4O6. The van der Waals surface area contributed by atoms with Crippen molar-refractivity contribution in [2.45, 2.75) is 102 Å². The SMILES string of the molecule is CC[C@H](C)[C@@H]1NC(=O)[C@H](Cc2ccccc2)NC(=O)[C@@H](CCCCCC(=O)O)NC(=O)[C@H]2CCCCN2C1=O. The highest BCUT2D eigenvalue weighted by Crippen LogP contribution is 2.22. The first-order valence-corrected chi connectivity index (χ1v) is 14.2. The lowest BCUT2D eigenvalue weighted by Gasteiger charge is -2.39. The predicted octanol–water partition coefficient (Wildman–Crippen LogP) is 2.16. The summed E-state index contributed by atoms with van der Waals surface area (Å²) in [6.45, 7) is 4.27. The number of benzene rings is 1. The Bertz CT molecular complexity index is 1020. The number of carboxylic acids is 1. The monoisotopic (exact) mass is 542 g/mol. The summed E-state index contributed by atoms with van der Waals surface area (Å²) < 4.78 is 0. The van der Waals surface area contributed by atoms with Crippen molar-refractivity contribution in [3.05, 3.63) is 35.9 Å². The maximum Gasteiger partial charge on any atom is 0.303 e. The maximum atomic E-state index is 13.8. The van der Waals surface area contributed by atoms with Crippen LogP contribution in [0.2, 0.25) is 0 Å². The molecule has 3 rings (SSSR count). The Balaban J connectivity index is 1.91. The Morgan fingerprint density at radius 3 is 2.33 bits per heavy atom. The van der Waals surface area contributed by atoms with Gasteiger partial charge in [0.25, 0.3) is 0 Å². The summed E-state index contributed by atoms with van der Waals surface area (Å²) in [5.74, 6) is -2.59. The van der Waals surface area contributed by atoms with Crippen LogP contribution < -0.4 is 16.0 Å². The average molecular weight is 543 g/mol. The van der Waals surface area contributed by atoms with Crippen molar-refractivity contribution < 1.29 is 29.1 Å². The Labute approximate surface area is 230 Å². The van der Waals surface area contributed by atoms with Gasteiger partial charge in [0.05, 0.1) is 0 Å². The van der Waals surface area contributed by atoms with E-state index in [-0.39, 0.29) is 30.6 Å². The average Bonchev–Trinajstić information content (AvgIpc) is 2.93. The number of hydrogen-bond donors (Lipinski definition) is 4. The quantitative estimate of drug-likeness (QED) is 0.334. The van der Waals surface area contributed by atoms with Crippen LogP contribution >= 0.6 is 0 Å². The molecule has 0 bridgehead atoms. The van der Waals surface area contributed by atoms with Gasteiger partial charge in [-0.05, 0) is 43.6 Å². The van der Waals surface area contributed by atoms with E-state index >= 15 is 0 Å². The fourth-order valence-corrected chi connectivity index (χ4v) is 5.25. The van der Waals surface area contributed by atoms with Gasteiger partial charge >= 0.3 is 5.97 Å². The van der Waals surface area contributed by atoms with Crippen LogP contribution in [0.1, 0.15) is 77.2 Å². The van der Waals surface area contributed by atoms with Crippen molar-refractivity contribution in [2.24, 2.45) is 5.92 Å². The van der Waals surface area contributed by atoms with Gasteiger partial charge in [-0.1, -0.05) is 63.4 Å². The minimum absolute atomic E-state index is 0.0407. The fraction of sp³-hybridized carbons (Fsp3) is 0.621. The number of carbonyl (C=O) groups is 5. The lowest BCUT2D eigenvalue weighted by atomic mass is 9.93. The second-order valence-corrected chi connectivity index (χ2v) is 10.7. The van der Waals surface area contributed by atoms with Crippen molar-refractivity contribution in [3.8, 4) is 0 Å². The molecule has 2 saturated heterocycles. The molecule has 2 aliphatic heterocycles. The number of aliphatic carboxylic acids is 1. The van der Waals surface area contributed by atoms with E-state index in [1.54, 1.807) is 4.90 Å². The molecule has 2 fully saturated rings. The van der Waals surface area contributed by atoms with Crippen molar-refractivity contribution in [3.63, 3.8) is 0 Å². The number of unbranched alkanes of at least 4 members (excludes halogenated alkanes) is 2. The van der Waals surface area contributed by atoms with E-state index in [0.717, 1.165) is 18.4 Å². The third kappa shape index (κ3) is 8.53. The molecule has 1 aromatic rings. The molecule has 2 heterocycles. The number of carboxylic acid groups (broad SMARTS) is 1. The second kappa shape index (κ2) is 14.6. The minimum atomic E-state index is -0.942. The Hall–Kier alpha value is -3.43. The van der Waals surface area contributed by atoms with Crippen molar-refractivity contribution >= 4 is 29.6 Å². The molecule has 2 aliphatic rings. The Morgan fingerprint density at radius 2 is 1.64 bits per heavy atom. The van der Waals surface area contributed by atoms with Crippen LogP contribution in [-0.4, -0.2) is 70.3 Å². The summed E-state index contributed by atoms with van der Waals surface area (Å²) in [7, 11) is 0. The number of amides is 4. The molecule has 4 N–H and O–H groups in total. The van der Waals surface area contributed by atoms with Gasteiger partial charge < -0.3 is 26.0 Å². The van der Waals surface area contributed by atoms with E-state index in [4.69, 9.17) is 5.11 Å². The molecule has 214 valence electrons. The van der Waals surface area contributed by atoms with E-state index in [2.05, 4.69) is 16.0 Å². The topological polar surface area (TPSA) is 145 Å². The molecule has 0 radical (unpaired) electrons. The van der Waals surface area contributed by atoms with Gasteiger partial charge in [-0.3, -0.25) is 24.0 Å². The second-order valence-electron chi connectivity index (χ2n) is 10.7. The fourth-order valence-electron chi connectivity index (χ4n) is 5.25. The van der Waals surface area contributed by atoms with E-state index in [1.165, 1.54) is 0 Å². The highest BCUT2D eigenvalue weighted by atomic mass is 16.4. The molecule has 0 aliphatic carbocycles. The van der Waals surface area contributed by atoms with E-state index in [9.17, 15) is 24.0 Å². The Kier molecular flexibility index (Phi) is 11.3. The molecule has 0 unspecified atom stereocenters. The zero-order valence-corrected chi connectivity index (χ0v) is 23.0. The van der Waals surface area contributed by atoms with Crippen molar-refractivity contribution in [1.29, 1.82) is 0 Å². The third-order valence-electron chi connectivity index (χ3n) is 7.80. The van der Waals surface area contributed by atoms with Gasteiger partial charge in [-0.25, -0.2) is 0 Å². The van der Waals surface area contributed by atoms with Crippen LogP contribution in [0.25, 0.3) is 0 Å². The highest BCUT2D eigenvalue weighted by Gasteiger charge is 2.40. The van der Waals surface area contributed by atoms with Crippen LogP contribution in [0.15, 0.2) is 30.3 Å². The molecule has 0 saturated carbocycles. The molecule has 0 aromatic heterocycles. The Morgan fingerprint density at radius 1 is 0.949 bits per heavy atom. The van der Waals surface area contributed by atoms with E-state index in [1.807, 2.05) is 44.2 Å². The summed E-state index contributed by atoms with van der Waals surface area (Å²) in [4.78, 5) is 66.8. The molecule has 39 heavy (non-hydrogen) atoms. The molecule has 10 heteroatoms. The molecule has 0 spiro atoms. The lowest BCUT2D eigenvalue weighted by Crippen LogP contribution is -2.64. The number of hydrogen-bond acceptors (Lipinski definition) is 5. The number of nitrogens with zero attached hydrogens (tertiary/aromatic N) is 1. The van der Waals surface area contributed by atoms with Gasteiger partial charge in [0.1, 0.15) is 24.2 Å². The minimum Gasteiger partial charge on any atom is -0.481 e. The van der Waals surface area contributed by atoms with Crippen LogP contribution in [0.5, 0.6) is 0 Å². The largest absolute Gasteiger partial charge is 0.481 e. The smallest absolute Gasteiger partial charge is 0.303 e. The first-order chi connectivity index (χ1) is 18.7. The zero-order valence-electron chi connectivity index (χ0n) is 23.0. The van der Waals surface area contributed by atoms with Crippen LogP contribution in [0.3, 0.4) is 0 Å². The van der Waals surface area contributed by atoms with Crippen molar-refractivity contribution in [1.82, 2.24) is 20.9 Å². The summed E-state index contributed by atoms with van der Waals surface area (Å²) in [6, 6.07) is 5.94. The van der Waals surface area contributed by atoms with E-state index in [0.29, 0.717) is 45.1 Å². The maximum absolute atomic E-state index is 13.8. The van der Waals surface area contributed by atoms with Gasteiger partial charge in [0.15, 0.2) is 0 Å². The van der Waals surface area contributed by atoms with Gasteiger partial charge in [0, 0.05) is 19.4 Å². The number of rotatable bonds is 10. The summed E-state index contributed by atoms with van der Waals surface area (Å²) in [6.07, 6.45) is 4.85. The number of piperidine rings is 1. The third-order valence-corrected chi connectivity index (χ3v) is 7.80. The summed E-state index contributed by atoms with van der Waals surface area (Å²) in [5.41, 5.74) is 0.849. The van der Waals surface area contributed by atoms with Gasteiger partial charge in [-0.2, -0.15) is 0 Å². The number of nitrogens with one attached hydrogen (secondary N) is 3. The first-order valence-electron chi connectivity index (χ1n) is 14.2.